The minimum Gasteiger partial charge on any atom is -0.405 e. The molecule has 3 rings (SSSR count). The van der Waals surface area contributed by atoms with Crippen LogP contribution < -0.4 is 20.9 Å². The molecule has 1 fully saturated rings. The molecule has 0 bridgehead atoms. The summed E-state index contributed by atoms with van der Waals surface area (Å²) in [6, 6.07) is 11.0. The molecule has 1 heterocycles. The predicted molar refractivity (Wildman–Crippen MR) is 88.7 cm³/mol. The number of halogens is 4. The molecule has 0 spiro atoms. The third-order valence-electron chi connectivity index (χ3n) is 4.20. The Morgan fingerprint density at radius 3 is 2.56 bits per heavy atom. The second kappa shape index (κ2) is 7.93. The van der Waals surface area contributed by atoms with Gasteiger partial charge in [-0.15, -0.1) is 13.2 Å². The van der Waals surface area contributed by atoms with E-state index in [2.05, 4.69) is 20.9 Å². The first-order valence-electron chi connectivity index (χ1n) is 8.19. The van der Waals surface area contributed by atoms with Crippen molar-refractivity contribution in [2.24, 2.45) is 5.92 Å². The molecule has 2 aromatic rings. The van der Waals surface area contributed by atoms with Crippen LogP contribution >= 0.6 is 0 Å². The molecule has 1 amide bonds. The van der Waals surface area contributed by atoms with Crippen LogP contribution in [0.25, 0.3) is 0 Å². The van der Waals surface area contributed by atoms with Gasteiger partial charge in [0.15, 0.2) is 0 Å². The molecule has 3 N–H and O–H groups in total. The van der Waals surface area contributed by atoms with Crippen molar-refractivity contribution in [3.63, 3.8) is 0 Å². The molecule has 0 radical (unpaired) electrons. The summed E-state index contributed by atoms with van der Waals surface area (Å²) in [5, 5.41) is 2.64. The van der Waals surface area contributed by atoms with E-state index in [1.807, 2.05) is 0 Å². The Hall–Kier alpha value is -2.65. The highest BCUT2D eigenvalue weighted by atomic mass is 19.4. The zero-order valence-corrected chi connectivity index (χ0v) is 14.0. The molecular formula is C18H17F4N3O2. The Balaban J connectivity index is 1.66. The zero-order chi connectivity index (χ0) is 19.4. The van der Waals surface area contributed by atoms with Crippen molar-refractivity contribution in [3.05, 3.63) is 65.5 Å². The highest BCUT2D eigenvalue weighted by Gasteiger charge is 2.34. The van der Waals surface area contributed by atoms with Gasteiger partial charge in [-0.2, -0.15) is 0 Å². The van der Waals surface area contributed by atoms with Gasteiger partial charge in [0.05, 0.1) is 12.0 Å². The van der Waals surface area contributed by atoms with Crippen molar-refractivity contribution in [2.45, 2.75) is 18.9 Å². The van der Waals surface area contributed by atoms with Gasteiger partial charge in [0.25, 0.3) is 0 Å². The van der Waals surface area contributed by atoms with Crippen LogP contribution in [0.4, 0.5) is 17.6 Å². The van der Waals surface area contributed by atoms with E-state index in [0.717, 1.165) is 5.56 Å². The number of amides is 1. The second-order valence-electron chi connectivity index (χ2n) is 6.03. The van der Waals surface area contributed by atoms with E-state index in [9.17, 15) is 22.4 Å². The van der Waals surface area contributed by atoms with E-state index >= 15 is 0 Å². The number of nitrogens with one attached hydrogen (secondary N) is 3. The van der Waals surface area contributed by atoms with Gasteiger partial charge in [-0.05, 0) is 23.8 Å². The number of carbonyl (C=O) groups is 1. The molecule has 5 nitrogen and oxygen atoms in total. The van der Waals surface area contributed by atoms with Gasteiger partial charge in [0.1, 0.15) is 11.6 Å². The summed E-state index contributed by atoms with van der Waals surface area (Å²) < 4.78 is 54.5. The molecule has 144 valence electrons. The number of alkyl halides is 3. The van der Waals surface area contributed by atoms with Crippen molar-refractivity contribution in [1.82, 2.24) is 16.2 Å². The molecule has 2 unspecified atom stereocenters. The van der Waals surface area contributed by atoms with Crippen LogP contribution in [-0.2, 0) is 11.3 Å². The van der Waals surface area contributed by atoms with E-state index in [-0.39, 0.29) is 35.6 Å². The maximum Gasteiger partial charge on any atom is 0.573 e. The van der Waals surface area contributed by atoms with Gasteiger partial charge >= 0.3 is 6.36 Å². The van der Waals surface area contributed by atoms with E-state index in [1.54, 1.807) is 18.2 Å². The summed E-state index contributed by atoms with van der Waals surface area (Å²) in [6.07, 6.45) is -4.81. The van der Waals surface area contributed by atoms with Crippen LogP contribution in [0.15, 0.2) is 48.5 Å². The lowest BCUT2D eigenvalue weighted by molar-refractivity contribution is -0.274. The van der Waals surface area contributed by atoms with Gasteiger partial charge in [-0.1, -0.05) is 30.3 Å². The SMILES string of the molecule is O=C(NCc1ccccc1OC(F)(F)F)C1CNNC1c1ccc(F)cc1. The fourth-order valence-electron chi connectivity index (χ4n) is 2.91. The van der Waals surface area contributed by atoms with Crippen molar-refractivity contribution in [3.8, 4) is 5.75 Å². The number of para-hydroxylation sites is 1. The fraction of sp³-hybridized carbons (Fsp3) is 0.278. The Bertz CT molecular complexity index is 796. The van der Waals surface area contributed by atoms with Gasteiger partial charge in [-0.25, -0.2) is 9.82 Å². The Morgan fingerprint density at radius 1 is 1.15 bits per heavy atom. The van der Waals surface area contributed by atoms with Crippen molar-refractivity contribution in [2.75, 3.05) is 6.54 Å². The summed E-state index contributed by atoms with van der Waals surface area (Å²) in [6.45, 7) is 0.215. The predicted octanol–water partition coefficient (Wildman–Crippen LogP) is 2.81. The molecule has 0 saturated carbocycles. The molecule has 0 aliphatic carbocycles. The van der Waals surface area contributed by atoms with Gasteiger partial charge in [0, 0.05) is 18.7 Å². The minimum absolute atomic E-state index is 0.113. The highest BCUT2D eigenvalue weighted by molar-refractivity contribution is 5.80. The van der Waals surface area contributed by atoms with E-state index < -0.39 is 12.3 Å². The topological polar surface area (TPSA) is 62.4 Å². The number of hydrogen-bond acceptors (Lipinski definition) is 4. The normalized spacial score (nSPS) is 19.7. The van der Waals surface area contributed by atoms with Gasteiger partial charge in [0.2, 0.25) is 5.91 Å². The molecule has 2 aromatic carbocycles. The summed E-state index contributed by atoms with van der Waals surface area (Å²) in [5.41, 5.74) is 6.77. The Kier molecular flexibility index (Phi) is 5.62. The number of rotatable bonds is 5. The summed E-state index contributed by atoms with van der Waals surface area (Å²) in [4.78, 5) is 12.5. The number of carbonyl (C=O) groups excluding carboxylic acids is 1. The van der Waals surface area contributed by atoms with Crippen molar-refractivity contribution >= 4 is 5.91 Å². The van der Waals surface area contributed by atoms with Crippen LogP contribution in [0.2, 0.25) is 0 Å². The second-order valence-corrected chi connectivity index (χ2v) is 6.03. The van der Waals surface area contributed by atoms with Crippen LogP contribution in [0.5, 0.6) is 5.75 Å². The largest absolute Gasteiger partial charge is 0.573 e. The van der Waals surface area contributed by atoms with E-state index in [4.69, 9.17) is 0 Å². The molecule has 2 atom stereocenters. The average molecular weight is 383 g/mol. The van der Waals surface area contributed by atoms with Crippen LogP contribution in [0.3, 0.4) is 0 Å². The third-order valence-corrected chi connectivity index (χ3v) is 4.20. The molecule has 9 heteroatoms. The maximum absolute atomic E-state index is 13.1. The van der Waals surface area contributed by atoms with Crippen molar-refractivity contribution < 1.29 is 27.1 Å². The Morgan fingerprint density at radius 2 is 1.85 bits per heavy atom. The monoisotopic (exact) mass is 383 g/mol. The molecule has 27 heavy (non-hydrogen) atoms. The highest BCUT2D eigenvalue weighted by Crippen LogP contribution is 2.27. The maximum atomic E-state index is 13.1. The van der Waals surface area contributed by atoms with Crippen molar-refractivity contribution in [1.29, 1.82) is 0 Å². The lowest BCUT2D eigenvalue weighted by atomic mass is 9.94. The number of hydrazine groups is 1. The van der Waals surface area contributed by atoms with Gasteiger partial charge < -0.3 is 10.1 Å². The lowest BCUT2D eigenvalue weighted by Crippen LogP contribution is -2.35. The molecule has 1 saturated heterocycles. The standard InChI is InChI=1S/C18H17F4N3O2/c19-13-7-5-11(6-8-13)16-14(10-24-25-16)17(26)23-9-12-3-1-2-4-15(12)27-18(20,21)22/h1-8,14,16,24-25H,9-10H2,(H,23,26). The minimum atomic E-state index is -4.81. The van der Waals surface area contributed by atoms with Crippen LogP contribution in [0, 0.1) is 11.7 Å². The van der Waals surface area contributed by atoms with E-state index in [0.29, 0.717) is 6.54 Å². The molecule has 1 aliphatic heterocycles. The zero-order valence-electron chi connectivity index (χ0n) is 14.0. The van der Waals surface area contributed by atoms with Gasteiger partial charge in [-0.3, -0.25) is 10.2 Å². The number of ether oxygens (including phenoxy) is 1. The van der Waals surface area contributed by atoms with E-state index in [1.165, 1.54) is 30.3 Å². The fourth-order valence-corrected chi connectivity index (χ4v) is 2.91. The molecule has 0 aromatic heterocycles. The molecular weight excluding hydrogens is 366 g/mol. The number of hydrogen-bond donors (Lipinski definition) is 3. The third kappa shape index (κ3) is 4.95. The first-order valence-corrected chi connectivity index (χ1v) is 8.19. The first kappa shape index (κ1) is 19.1. The van der Waals surface area contributed by atoms with Crippen LogP contribution in [0.1, 0.15) is 17.2 Å². The lowest BCUT2D eigenvalue weighted by Gasteiger charge is -2.19. The summed E-state index contributed by atoms with van der Waals surface area (Å²) in [7, 11) is 0. The summed E-state index contributed by atoms with van der Waals surface area (Å²) >= 11 is 0. The first-order chi connectivity index (χ1) is 12.8. The molecule has 1 aliphatic rings. The quantitative estimate of drug-likeness (QED) is 0.695. The number of benzene rings is 2. The van der Waals surface area contributed by atoms with Crippen LogP contribution in [-0.4, -0.2) is 18.8 Å². The Labute approximate surface area is 152 Å². The smallest absolute Gasteiger partial charge is 0.405 e. The summed E-state index contributed by atoms with van der Waals surface area (Å²) in [5.74, 6) is -1.59. The average Bonchev–Trinajstić information content (AvgIpc) is 3.10.